The van der Waals surface area contributed by atoms with Gasteiger partial charge in [-0.3, -0.25) is 0 Å². The molecule has 0 atom stereocenters. The number of rotatable bonds is 5. The first kappa shape index (κ1) is 17.9. The fourth-order valence-electron chi connectivity index (χ4n) is 1.91. The van der Waals surface area contributed by atoms with E-state index in [0.29, 0.717) is 0 Å². The second-order valence-corrected chi connectivity index (χ2v) is 4.46. The molecule has 0 unspecified atom stereocenters. The molecule has 1 aromatic heterocycles. The van der Waals surface area contributed by atoms with Crippen molar-refractivity contribution in [3.8, 4) is 5.75 Å². The van der Waals surface area contributed by atoms with Crippen molar-refractivity contribution in [1.29, 1.82) is 0 Å². The number of aryl methyl sites for hydroxylation is 1. The zero-order valence-electron chi connectivity index (χ0n) is 11.5. The lowest BCUT2D eigenvalue weighted by Crippen LogP contribution is -3.00. The first-order valence-corrected chi connectivity index (χ1v) is 6.31. The summed E-state index contributed by atoms with van der Waals surface area (Å²) in [7, 11) is 2.04. The average molecular weight is 328 g/mol. The Morgan fingerprint density at radius 1 is 1.11 bits per heavy atom. The fraction of sp³-hybridized carbons (Fsp3) is 0.400. The maximum absolute atomic E-state index is 5.74. The van der Waals surface area contributed by atoms with E-state index >= 15 is 0 Å². The van der Waals surface area contributed by atoms with Crippen molar-refractivity contribution in [3.63, 3.8) is 0 Å². The Morgan fingerprint density at radius 2 is 1.89 bits per heavy atom. The minimum Gasteiger partial charge on any atom is -1.00 e. The first-order valence-electron chi connectivity index (χ1n) is 6.31. The van der Waals surface area contributed by atoms with Crippen LogP contribution in [0.3, 0.4) is 0 Å². The summed E-state index contributed by atoms with van der Waals surface area (Å²) in [5.74, 6) is 0.974. The Bertz CT molecular complexity index is 502. The molecule has 106 valence electrons. The van der Waals surface area contributed by atoms with Gasteiger partial charge in [0.25, 0.3) is 0 Å². The van der Waals surface area contributed by atoms with Crippen LogP contribution in [0.5, 0.6) is 5.75 Å². The van der Waals surface area contributed by atoms with Gasteiger partial charge in [-0.1, -0.05) is 19.8 Å². The van der Waals surface area contributed by atoms with E-state index in [2.05, 4.69) is 42.1 Å². The summed E-state index contributed by atoms with van der Waals surface area (Å²) in [5.41, 5.74) is 0. The molecular weight excluding hydrogens is 306 g/mol. The van der Waals surface area contributed by atoms with Crippen molar-refractivity contribution in [2.75, 3.05) is 6.61 Å². The Morgan fingerprint density at radius 3 is 2.63 bits per heavy atom. The fourth-order valence-corrected chi connectivity index (χ4v) is 1.91. The maximum atomic E-state index is 5.74. The van der Waals surface area contributed by atoms with Crippen LogP contribution in [0.15, 0.2) is 36.7 Å². The second kappa shape index (κ2) is 8.88. The predicted octanol–water partition coefficient (Wildman–Crippen LogP) is -0.587. The van der Waals surface area contributed by atoms with E-state index in [1.165, 1.54) is 23.6 Å². The lowest BCUT2D eigenvalue weighted by Gasteiger charge is -2.06. The van der Waals surface area contributed by atoms with E-state index in [1.807, 2.05) is 13.1 Å². The molecule has 0 aliphatic carbocycles. The molecule has 0 saturated heterocycles. The summed E-state index contributed by atoms with van der Waals surface area (Å²) in [5, 5.41) is 2.48. The molecule has 0 bridgehead atoms. The van der Waals surface area contributed by atoms with E-state index < -0.39 is 0 Å². The van der Waals surface area contributed by atoms with Gasteiger partial charge in [-0.2, -0.15) is 0 Å². The van der Waals surface area contributed by atoms with Crippen LogP contribution in [0.25, 0.3) is 10.8 Å². The van der Waals surface area contributed by atoms with Crippen molar-refractivity contribution in [1.82, 2.24) is 0 Å². The van der Waals surface area contributed by atoms with Crippen LogP contribution in [-0.4, -0.2) is 12.1 Å². The smallest absolute Gasteiger partial charge is 0.176 e. The van der Waals surface area contributed by atoms with Gasteiger partial charge in [0.05, 0.1) is 6.61 Å². The minimum absolute atomic E-state index is 0. The average Bonchev–Trinajstić information content (AvgIpc) is 2.35. The van der Waals surface area contributed by atoms with Gasteiger partial charge in [0.2, 0.25) is 0 Å². The quantitative estimate of drug-likeness (QED) is 0.535. The highest BCUT2D eigenvalue weighted by Crippen LogP contribution is 2.19. The number of benzene rings is 1. The van der Waals surface area contributed by atoms with Crippen LogP contribution in [-0.2, 0) is 7.05 Å². The summed E-state index contributed by atoms with van der Waals surface area (Å²) < 4.78 is 7.80. The molecule has 4 heteroatoms. The number of hydrogen-bond donors (Lipinski definition) is 0. The number of pyridine rings is 1. The number of nitrogens with zero attached hydrogens (tertiary/aromatic N) is 1. The summed E-state index contributed by atoms with van der Waals surface area (Å²) in [6, 6.07) is 8.40. The largest absolute Gasteiger partial charge is 1.00 e. The van der Waals surface area contributed by atoms with Gasteiger partial charge >= 0.3 is 0 Å². The third-order valence-electron chi connectivity index (χ3n) is 2.91. The molecule has 1 aromatic carbocycles. The highest BCUT2D eigenvalue weighted by molar-refractivity contribution is 5.82. The van der Waals surface area contributed by atoms with Crippen LogP contribution in [0, 0.1) is 0 Å². The monoisotopic (exact) mass is 327 g/mol. The van der Waals surface area contributed by atoms with Crippen LogP contribution in [0.1, 0.15) is 26.2 Å². The van der Waals surface area contributed by atoms with Crippen molar-refractivity contribution >= 4 is 10.8 Å². The number of halogens is 1. The number of hydrogen-bond acceptors (Lipinski definition) is 1. The van der Waals surface area contributed by atoms with Crippen molar-refractivity contribution < 1.29 is 31.8 Å². The van der Waals surface area contributed by atoms with Gasteiger partial charge in [-0.15, -0.1) is 0 Å². The minimum atomic E-state index is 0. The molecule has 0 aliphatic rings. The Hall–Kier alpha value is -1.13. The zero-order chi connectivity index (χ0) is 12.1. The summed E-state index contributed by atoms with van der Waals surface area (Å²) >= 11 is 0. The molecule has 0 radical (unpaired) electrons. The lowest BCUT2D eigenvalue weighted by molar-refractivity contribution is -0.670. The van der Waals surface area contributed by atoms with Crippen LogP contribution >= 0.6 is 0 Å². The maximum Gasteiger partial charge on any atom is 0.176 e. The number of fused-ring (bicyclic) bond motifs is 1. The van der Waals surface area contributed by atoms with E-state index in [9.17, 15) is 0 Å². The highest BCUT2D eigenvalue weighted by Gasteiger charge is 2.01. The number of ether oxygens (including phenoxy) is 1. The molecule has 3 nitrogen and oxygen atoms in total. The van der Waals surface area contributed by atoms with Gasteiger partial charge in [0.1, 0.15) is 12.8 Å². The molecule has 2 aromatic rings. The molecule has 2 N–H and O–H groups in total. The van der Waals surface area contributed by atoms with Crippen LogP contribution in [0.2, 0.25) is 0 Å². The molecule has 1 heterocycles. The van der Waals surface area contributed by atoms with E-state index in [0.717, 1.165) is 18.8 Å². The standard InChI is InChI=1S/C15H20NO.BrH.H2O/c1-3-4-5-10-17-15-7-6-14-12-16(2)9-8-13(14)11-15;;/h6-9,11-12H,3-5,10H2,1-2H3;1H;1H2/q+1;;/p-1. The topological polar surface area (TPSA) is 44.6 Å². The molecule has 2 rings (SSSR count). The predicted molar refractivity (Wildman–Crippen MR) is 73.8 cm³/mol. The van der Waals surface area contributed by atoms with Gasteiger partial charge in [0.15, 0.2) is 12.4 Å². The molecule has 0 aliphatic heterocycles. The summed E-state index contributed by atoms with van der Waals surface area (Å²) in [4.78, 5) is 0. The van der Waals surface area contributed by atoms with E-state index in [-0.39, 0.29) is 22.5 Å². The molecular formula is C15H22BrNO2. The first-order chi connectivity index (χ1) is 8.29. The zero-order valence-corrected chi connectivity index (χ0v) is 13.1. The number of unbranched alkanes of at least 4 members (excludes halogenated alkanes) is 2. The Kier molecular flexibility index (Phi) is 8.35. The van der Waals surface area contributed by atoms with Crippen molar-refractivity contribution in [2.45, 2.75) is 26.2 Å². The van der Waals surface area contributed by atoms with Gasteiger partial charge in [0, 0.05) is 11.5 Å². The Balaban J connectivity index is 0.00000162. The van der Waals surface area contributed by atoms with Crippen LogP contribution < -0.4 is 26.3 Å². The molecule has 0 saturated carbocycles. The Labute approximate surface area is 125 Å². The van der Waals surface area contributed by atoms with E-state index in [4.69, 9.17) is 4.74 Å². The lowest BCUT2D eigenvalue weighted by atomic mass is 10.2. The molecule has 0 amide bonds. The van der Waals surface area contributed by atoms with Crippen molar-refractivity contribution in [3.05, 3.63) is 36.7 Å². The van der Waals surface area contributed by atoms with Crippen LogP contribution in [0.4, 0.5) is 0 Å². The van der Waals surface area contributed by atoms with Gasteiger partial charge in [-0.25, -0.2) is 4.57 Å². The molecule has 0 spiro atoms. The third kappa shape index (κ3) is 5.17. The van der Waals surface area contributed by atoms with Gasteiger partial charge in [-0.05, 0) is 30.0 Å². The molecule has 19 heavy (non-hydrogen) atoms. The third-order valence-corrected chi connectivity index (χ3v) is 2.91. The highest BCUT2D eigenvalue weighted by atomic mass is 79.9. The summed E-state index contributed by atoms with van der Waals surface area (Å²) in [6.45, 7) is 3.02. The second-order valence-electron chi connectivity index (χ2n) is 4.46. The summed E-state index contributed by atoms with van der Waals surface area (Å²) in [6.07, 6.45) is 7.79. The normalized spacial score (nSPS) is 9.58. The number of aromatic nitrogens is 1. The SMILES string of the molecule is CCCCCOc1ccc2c[n+](C)ccc2c1.O.[Br-]. The van der Waals surface area contributed by atoms with E-state index in [1.54, 1.807) is 0 Å². The van der Waals surface area contributed by atoms with Gasteiger partial charge < -0.3 is 27.2 Å². The molecule has 0 fully saturated rings. The van der Waals surface area contributed by atoms with Crippen molar-refractivity contribution in [2.24, 2.45) is 7.05 Å².